The zero-order valence-electron chi connectivity index (χ0n) is 13.1. The topological polar surface area (TPSA) is 71.0 Å². The van der Waals surface area contributed by atoms with Gasteiger partial charge in [-0.1, -0.05) is 0 Å². The first-order chi connectivity index (χ1) is 10.5. The molecule has 22 heavy (non-hydrogen) atoms. The highest BCUT2D eigenvalue weighted by Crippen LogP contribution is 2.27. The summed E-state index contributed by atoms with van der Waals surface area (Å²) >= 11 is 7.14. The predicted molar refractivity (Wildman–Crippen MR) is 93.4 cm³/mol. The molecule has 0 spiro atoms. The Labute approximate surface area is 141 Å². The van der Waals surface area contributed by atoms with E-state index >= 15 is 0 Å². The number of hydrogen-bond acceptors (Lipinski definition) is 5. The molecule has 2 heterocycles. The lowest BCUT2D eigenvalue weighted by molar-refractivity contribution is 0.304. The molecule has 1 unspecified atom stereocenters. The Morgan fingerprint density at radius 3 is 2.95 bits per heavy atom. The van der Waals surface area contributed by atoms with E-state index in [1.54, 1.807) is 11.2 Å². The number of nitrogens with zero attached hydrogens (tertiary/aromatic N) is 3. The Morgan fingerprint density at radius 1 is 1.50 bits per heavy atom. The molecule has 126 valence electrons. The summed E-state index contributed by atoms with van der Waals surface area (Å²) < 4.78 is 28.5. The van der Waals surface area contributed by atoms with Gasteiger partial charge in [0.2, 0.25) is 10.0 Å². The average Bonchev–Trinajstić information content (AvgIpc) is 2.89. The van der Waals surface area contributed by atoms with Gasteiger partial charge in [-0.2, -0.15) is 16.9 Å². The number of rotatable bonds is 7. The van der Waals surface area contributed by atoms with Crippen molar-refractivity contribution < 1.29 is 8.42 Å². The Kier molecular flexibility index (Phi) is 6.48. The number of thioether (sulfide) groups is 1. The van der Waals surface area contributed by atoms with Crippen LogP contribution in [0.4, 0.5) is 0 Å². The third-order valence-corrected chi connectivity index (χ3v) is 6.88. The zero-order valence-corrected chi connectivity index (χ0v) is 15.6. The van der Waals surface area contributed by atoms with E-state index in [-0.39, 0.29) is 11.7 Å². The Morgan fingerprint density at radius 2 is 2.27 bits per heavy atom. The van der Waals surface area contributed by atoms with Crippen molar-refractivity contribution in [1.82, 2.24) is 19.1 Å². The number of aromatic nitrogens is 3. The summed E-state index contributed by atoms with van der Waals surface area (Å²) in [5, 5.41) is 7.25. The molecule has 1 aliphatic rings. The molecule has 1 saturated heterocycles. The predicted octanol–water partition coefficient (Wildman–Crippen LogP) is 2.22. The molecule has 2 rings (SSSR count). The van der Waals surface area contributed by atoms with Crippen LogP contribution in [0.1, 0.15) is 37.9 Å². The van der Waals surface area contributed by atoms with Crippen LogP contribution in [0.15, 0.2) is 0 Å². The highest BCUT2D eigenvalue weighted by Gasteiger charge is 2.30. The van der Waals surface area contributed by atoms with Crippen LogP contribution in [0, 0.1) is 4.77 Å². The normalized spacial score (nSPS) is 20.4. The third-order valence-electron chi connectivity index (χ3n) is 4.03. The second-order valence-corrected chi connectivity index (χ2v) is 9.11. The van der Waals surface area contributed by atoms with Crippen molar-refractivity contribution in [3.63, 3.8) is 0 Å². The fourth-order valence-corrected chi connectivity index (χ4v) is 4.64. The monoisotopic (exact) mass is 364 g/mol. The van der Waals surface area contributed by atoms with Gasteiger partial charge in [0.15, 0.2) is 4.77 Å². The molecule has 0 aromatic carbocycles. The van der Waals surface area contributed by atoms with Gasteiger partial charge in [0.05, 0.1) is 5.75 Å². The van der Waals surface area contributed by atoms with Crippen LogP contribution in [0.5, 0.6) is 0 Å². The molecule has 1 fully saturated rings. The summed E-state index contributed by atoms with van der Waals surface area (Å²) in [5.74, 6) is 2.26. The van der Waals surface area contributed by atoms with Crippen molar-refractivity contribution in [3.05, 3.63) is 10.6 Å². The molecular weight excluding hydrogens is 340 g/mol. The number of nitrogens with one attached hydrogen (secondary N) is 1. The minimum absolute atomic E-state index is 0.123. The van der Waals surface area contributed by atoms with Gasteiger partial charge in [0, 0.05) is 25.6 Å². The molecule has 0 amide bonds. The van der Waals surface area contributed by atoms with E-state index < -0.39 is 10.0 Å². The molecule has 1 aromatic heterocycles. The van der Waals surface area contributed by atoms with Crippen molar-refractivity contribution in [2.45, 2.75) is 38.6 Å². The summed E-state index contributed by atoms with van der Waals surface area (Å²) in [6.45, 7) is 3.66. The van der Waals surface area contributed by atoms with Crippen molar-refractivity contribution in [1.29, 1.82) is 0 Å². The molecule has 9 heteroatoms. The number of aromatic amines is 1. The average molecular weight is 365 g/mol. The van der Waals surface area contributed by atoms with Crippen LogP contribution in [-0.2, 0) is 16.6 Å². The lowest BCUT2D eigenvalue weighted by atomic mass is 9.99. The molecule has 0 radical (unpaired) electrons. The van der Waals surface area contributed by atoms with Gasteiger partial charge in [-0.15, -0.1) is 0 Å². The van der Waals surface area contributed by atoms with Gasteiger partial charge in [-0.25, -0.2) is 12.7 Å². The molecule has 1 N–H and O–H groups in total. The molecule has 1 atom stereocenters. The lowest BCUT2D eigenvalue weighted by Gasteiger charge is -2.31. The summed E-state index contributed by atoms with van der Waals surface area (Å²) in [7, 11) is -3.13. The first-order valence-electron chi connectivity index (χ1n) is 7.61. The fraction of sp³-hybridized carbons (Fsp3) is 0.846. The number of hydrogen-bond donors (Lipinski definition) is 1. The number of piperidine rings is 1. The summed E-state index contributed by atoms with van der Waals surface area (Å²) in [6.07, 6.45) is 4.95. The SMILES string of the molecule is CCS(=O)(=O)N1CCCC(c2n[nH]c(=S)n2CCCSC)C1. The molecule has 0 saturated carbocycles. The van der Waals surface area contributed by atoms with E-state index in [9.17, 15) is 8.42 Å². The van der Waals surface area contributed by atoms with Crippen LogP contribution in [0.25, 0.3) is 0 Å². The van der Waals surface area contributed by atoms with Crippen LogP contribution in [0.2, 0.25) is 0 Å². The van der Waals surface area contributed by atoms with E-state index in [1.807, 2.05) is 16.3 Å². The number of sulfonamides is 1. The van der Waals surface area contributed by atoms with Crippen molar-refractivity contribution in [2.75, 3.05) is 30.9 Å². The highest BCUT2D eigenvalue weighted by atomic mass is 32.2. The smallest absolute Gasteiger partial charge is 0.213 e. The van der Waals surface area contributed by atoms with E-state index in [0.29, 0.717) is 17.9 Å². The Balaban J connectivity index is 2.16. The van der Waals surface area contributed by atoms with Gasteiger partial charge in [0.1, 0.15) is 5.82 Å². The Hall–Kier alpha value is -0.380. The quantitative estimate of drug-likeness (QED) is 0.593. The number of H-pyrrole nitrogens is 1. The summed E-state index contributed by atoms with van der Waals surface area (Å²) in [5.41, 5.74) is 0. The molecule has 0 aliphatic carbocycles. The van der Waals surface area contributed by atoms with Crippen LogP contribution >= 0.6 is 24.0 Å². The maximum absolute atomic E-state index is 12.1. The molecule has 1 aliphatic heterocycles. The van der Waals surface area contributed by atoms with Crippen LogP contribution in [-0.4, -0.2) is 58.3 Å². The summed E-state index contributed by atoms with van der Waals surface area (Å²) in [6, 6.07) is 0. The largest absolute Gasteiger partial charge is 0.304 e. The second kappa shape index (κ2) is 7.94. The third kappa shape index (κ3) is 4.12. The molecular formula is C13H24N4O2S3. The van der Waals surface area contributed by atoms with Gasteiger partial charge >= 0.3 is 0 Å². The molecule has 6 nitrogen and oxygen atoms in total. The van der Waals surface area contributed by atoms with Gasteiger partial charge in [-0.05, 0) is 50.4 Å². The maximum atomic E-state index is 12.1. The fourth-order valence-electron chi connectivity index (χ4n) is 2.81. The summed E-state index contributed by atoms with van der Waals surface area (Å²) in [4.78, 5) is 0. The van der Waals surface area contributed by atoms with E-state index in [0.717, 1.165) is 37.4 Å². The Bertz CT molecular complexity index is 638. The van der Waals surface area contributed by atoms with Crippen LogP contribution < -0.4 is 0 Å². The minimum Gasteiger partial charge on any atom is -0.304 e. The van der Waals surface area contributed by atoms with E-state index in [2.05, 4.69) is 16.5 Å². The maximum Gasteiger partial charge on any atom is 0.213 e. The first-order valence-corrected chi connectivity index (χ1v) is 11.0. The van der Waals surface area contributed by atoms with Crippen molar-refractivity contribution in [3.8, 4) is 0 Å². The zero-order chi connectivity index (χ0) is 16.2. The van der Waals surface area contributed by atoms with Gasteiger partial charge in [-0.3, -0.25) is 5.10 Å². The second-order valence-electron chi connectivity index (χ2n) is 5.48. The van der Waals surface area contributed by atoms with E-state index in [1.165, 1.54) is 0 Å². The van der Waals surface area contributed by atoms with Crippen molar-refractivity contribution >= 4 is 34.0 Å². The van der Waals surface area contributed by atoms with Gasteiger partial charge in [0.25, 0.3) is 0 Å². The van der Waals surface area contributed by atoms with Crippen molar-refractivity contribution in [2.24, 2.45) is 0 Å². The highest BCUT2D eigenvalue weighted by molar-refractivity contribution is 7.98. The lowest BCUT2D eigenvalue weighted by Crippen LogP contribution is -2.40. The first kappa shape index (κ1) is 18.0. The molecule has 1 aromatic rings. The standard InChI is InChI=1S/C13H24N4O2S3/c1-3-22(18,19)16-7-4-6-11(10-16)12-14-15-13(20)17(12)8-5-9-21-2/h11H,3-10H2,1-2H3,(H,15,20). The van der Waals surface area contributed by atoms with E-state index in [4.69, 9.17) is 12.2 Å². The van der Waals surface area contributed by atoms with Gasteiger partial charge < -0.3 is 4.57 Å². The minimum atomic E-state index is -3.13. The molecule has 0 bridgehead atoms. The van der Waals surface area contributed by atoms with Crippen LogP contribution in [0.3, 0.4) is 0 Å².